The number of nitrogens with zero attached hydrogens (tertiary/aromatic N) is 3. The van der Waals surface area contributed by atoms with Crippen molar-refractivity contribution in [1.82, 2.24) is 5.43 Å². The Morgan fingerprint density at radius 3 is 1.93 bits per heavy atom. The Kier molecular flexibility index (Phi) is 6.47. The number of amides is 2. The third-order valence-electron chi connectivity index (χ3n) is 3.47. The maximum Gasteiger partial charge on any atom is 0.271 e. The predicted molar refractivity (Wildman–Crippen MR) is 100 cm³/mol. The zero-order valence-corrected chi connectivity index (χ0v) is 14.6. The van der Waals surface area contributed by atoms with Gasteiger partial charge < -0.3 is 5.32 Å². The van der Waals surface area contributed by atoms with E-state index in [0.29, 0.717) is 11.4 Å². The van der Waals surface area contributed by atoms with Gasteiger partial charge in [0, 0.05) is 41.2 Å². The molecule has 0 heterocycles. The van der Waals surface area contributed by atoms with E-state index < -0.39 is 21.7 Å². The number of nitro groups is 2. The van der Waals surface area contributed by atoms with Gasteiger partial charge in [-0.25, -0.2) is 5.43 Å². The SMILES string of the molecule is C/C(CC(=O)Nc1ccc([N+](=O)[O-])cc1)=N\NC(=O)c1ccc([N+](=O)[O-])cc1. The number of benzene rings is 2. The molecule has 0 saturated carbocycles. The molecule has 0 aliphatic heterocycles. The van der Waals surface area contributed by atoms with Gasteiger partial charge in [0.05, 0.1) is 16.3 Å². The Morgan fingerprint density at radius 1 is 0.929 bits per heavy atom. The molecule has 0 saturated heterocycles. The van der Waals surface area contributed by atoms with E-state index in [2.05, 4.69) is 15.8 Å². The molecule has 2 aromatic carbocycles. The summed E-state index contributed by atoms with van der Waals surface area (Å²) in [6, 6.07) is 10.3. The van der Waals surface area contributed by atoms with E-state index in [1.165, 1.54) is 55.5 Å². The highest BCUT2D eigenvalue weighted by molar-refractivity contribution is 6.06. The van der Waals surface area contributed by atoms with Crippen molar-refractivity contribution in [3.63, 3.8) is 0 Å². The van der Waals surface area contributed by atoms with Gasteiger partial charge in [0.15, 0.2) is 0 Å². The van der Waals surface area contributed by atoms with Gasteiger partial charge in [-0.1, -0.05) is 0 Å². The fraction of sp³-hybridized carbons (Fsp3) is 0.118. The van der Waals surface area contributed by atoms with Crippen LogP contribution in [0.25, 0.3) is 0 Å². The third kappa shape index (κ3) is 5.69. The molecule has 2 amide bonds. The molecule has 0 bridgehead atoms. The Hall–Kier alpha value is -4.15. The first-order valence-electron chi connectivity index (χ1n) is 7.88. The molecular weight excluding hydrogens is 370 g/mol. The highest BCUT2D eigenvalue weighted by atomic mass is 16.6. The summed E-state index contributed by atoms with van der Waals surface area (Å²) in [4.78, 5) is 44.0. The summed E-state index contributed by atoms with van der Waals surface area (Å²) in [7, 11) is 0. The standard InChI is InChI=1S/C17H15N5O6/c1-11(10-16(23)18-13-4-8-15(9-5-13)22(27)28)19-20-17(24)12-2-6-14(7-3-12)21(25)26/h2-9H,10H2,1H3,(H,18,23)(H,20,24)/b19-11+. The molecule has 0 aliphatic rings. The number of hydrogen-bond donors (Lipinski definition) is 2. The van der Waals surface area contributed by atoms with Crippen LogP contribution in [0.2, 0.25) is 0 Å². The second kappa shape index (κ2) is 8.98. The third-order valence-corrected chi connectivity index (χ3v) is 3.47. The number of non-ortho nitro benzene ring substituents is 2. The van der Waals surface area contributed by atoms with Crippen molar-refractivity contribution in [2.24, 2.45) is 5.10 Å². The molecule has 0 unspecified atom stereocenters. The van der Waals surface area contributed by atoms with E-state index in [1.54, 1.807) is 0 Å². The van der Waals surface area contributed by atoms with Crippen LogP contribution in [0.3, 0.4) is 0 Å². The second-order valence-corrected chi connectivity index (χ2v) is 5.62. The molecule has 28 heavy (non-hydrogen) atoms. The molecule has 0 aromatic heterocycles. The molecule has 0 spiro atoms. The van der Waals surface area contributed by atoms with Gasteiger partial charge >= 0.3 is 0 Å². The lowest BCUT2D eigenvalue weighted by Crippen LogP contribution is -2.21. The molecule has 2 rings (SSSR count). The highest BCUT2D eigenvalue weighted by Crippen LogP contribution is 2.15. The van der Waals surface area contributed by atoms with Crippen LogP contribution >= 0.6 is 0 Å². The van der Waals surface area contributed by atoms with E-state index in [0.717, 1.165) is 0 Å². The highest BCUT2D eigenvalue weighted by Gasteiger charge is 2.10. The number of hydrogen-bond acceptors (Lipinski definition) is 7. The maximum atomic E-state index is 12.0. The van der Waals surface area contributed by atoms with Gasteiger partial charge in [-0.3, -0.25) is 29.8 Å². The summed E-state index contributed by atoms with van der Waals surface area (Å²) in [6.45, 7) is 1.53. The number of anilines is 1. The molecule has 0 radical (unpaired) electrons. The van der Waals surface area contributed by atoms with Crippen molar-refractivity contribution in [3.05, 3.63) is 74.3 Å². The Morgan fingerprint density at radius 2 is 1.43 bits per heavy atom. The second-order valence-electron chi connectivity index (χ2n) is 5.62. The summed E-state index contributed by atoms with van der Waals surface area (Å²) in [5.74, 6) is -0.996. The van der Waals surface area contributed by atoms with Crippen molar-refractivity contribution in [1.29, 1.82) is 0 Å². The maximum absolute atomic E-state index is 12.0. The number of nitrogens with one attached hydrogen (secondary N) is 2. The first kappa shape index (κ1) is 20.2. The fourth-order valence-electron chi connectivity index (χ4n) is 2.09. The van der Waals surface area contributed by atoms with Gasteiger partial charge in [-0.05, 0) is 31.2 Å². The molecular formula is C17H15N5O6. The van der Waals surface area contributed by atoms with Crippen molar-refractivity contribution < 1.29 is 19.4 Å². The molecule has 0 atom stereocenters. The molecule has 2 aromatic rings. The number of nitro benzene ring substituents is 2. The minimum atomic E-state index is -0.579. The van der Waals surface area contributed by atoms with E-state index in [-0.39, 0.29) is 23.4 Å². The monoisotopic (exact) mass is 385 g/mol. The average Bonchev–Trinajstić information content (AvgIpc) is 2.66. The molecule has 2 N–H and O–H groups in total. The molecule has 0 fully saturated rings. The van der Waals surface area contributed by atoms with Crippen LogP contribution in [-0.2, 0) is 4.79 Å². The zero-order chi connectivity index (χ0) is 20.7. The van der Waals surface area contributed by atoms with Crippen LogP contribution in [-0.4, -0.2) is 27.4 Å². The van der Waals surface area contributed by atoms with Crippen LogP contribution < -0.4 is 10.7 Å². The quantitative estimate of drug-likeness (QED) is 0.424. The van der Waals surface area contributed by atoms with E-state index >= 15 is 0 Å². The van der Waals surface area contributed by atoms with Crippen molar-refractivity contribution >= 4 is 34.6 Å². The summed E-state index contributed by atoms with van der Waals surface area (Å²) >= 11 is 0. The number of carbonyl (C=O) groups excluding carboxylic acids is 2. The summed E-state index contributed by atoms with van der Waals surface area (Å²) in [5.41, 5.74) is 2.91. The Balaban J connectivity index is 1.88. The first-order chi connectivity index (χ1) is 13.3. The fourth-order valence-corrected chi connectivity index (χ4v) is 2.09. The number of rotatable bonds is 7. The number of hydrazone groups is 1. The van der Waals surface area contributed by atoms with Crippen LogP contribution in [0.4, 0.5) is 17.1 Å². The Bertz CT molecular complexity index is 938. The Labute approximate surface area is 158 Å². The summed E-state index contributed by atoms with van der Waals surface area (Å²) in [6.07, 6.45) is -0.114. The molecule has 11 heteroatoms. The lowest BCUT2D eigenvalue weighted by molar-refractivity contribution is -0.385. The van der Waals surface area contributed by atoms with E-state index in [9.17, 15) is 29.8 Å². The lowest BCUT2D eigenvalue weighted by Gasteiger charge is -2.05. The van der Waals surface area contributed by atoms with Gasteiger partial charge in [-0.2, -0.15) is 5.10 Å². The smallest absolute Gasteiger partial charge is 0.271 e. The van der Waals surface area contributed by atoms with Crippen molar-refractivity contribution in [3.8, 4) is 0 Å². The van der Waals surface area contributed by atoms with Gasteiger partial charge in [-0.15, -0.1) is 0 Å². The van der Waals surface area contributed by atoms with Gasteiger partial charge in [0.1, 0.15) is 0 Å². The minimum absolute atomic E-state index is 0.0929. The van der Waals surface area contributed by atoms with Gasteiger partial charge in [0.25, 0.3) is 17.3 Å². The predicted octanol–water partition coefficient (Wildman–Crippen LogP) is 2.64. The van der Waals surface area contributed by atoms with Crippen molar-refractivity contribution in [2.75, 3.05) is 5.32 Å². The topological polar surface area (TPSA) is 157 Å². The van der Waals surface area contributed by atoms with E-state index in [1.807, 2.05) is 0 Å². The summed E-state index contributed by atoms with van der Waals surface area (Å²) < 4.78 is 0. The lowest BCUT2D eigenvalue weighted by atomic mass is 10.2. The molecule has 144 valence electrons. The average molecular weight is 385 g/mol. The van der Waals surface area contributed by atoms with Crippen LogP contribution in [0.15, 0.2) is 53.6 Å². The van der Waals surface area contributed by atoms with Crippen LogP contribution in [0.5, 0.6) is 0 Å². The largest absolute Gasteiger partial charge is 0.326 e. The summed E-state index contributed by atoms with van der Waals surface area (Å²) in [5, 5.41) is 27.6. The van der Waals surface area contributed by atoms with Gasteiger partial charge in [0.2, 0.25) is 5.91 Å². The zero-order valence-electron chi connectivity index (χ0n) is 14.6. The normalized spacial score (nSPS) is 10.8. The van der Waals surface area contributed by atoms with Crippen LogP contribution in [0, 0.1) is 20.2 Å². The first-order valence-corrected chi connectivity index (χ1v) is 7.88. The molecule has 11 nitrogen and oxygen atoms in total. The minimum Gasteiger partial charge on any atom is -0.326 e. The van der Waals surface area contributed by atoms with Crippen LogP contribution in [0.1, 0.15) is 23.7 Å². The van der Waals surface area contributed by atoms with E-state index in [4.69, 9.17) is 0 Å². The van der Waals surface area contributed by atoms with Crippen molar-refractivity contribution in [2.45, 2.75) is 13.3 Å². The number of carbonyl (C=O) groups is 2. The molecule has 0 aliphatic carbocycles.